The van der Waals surface area contributed by atoms with Gasteiger partial charge in [-0.1, -0.05) is 48.6 Å². The number of carbonyl (C=O) groups excluding carboxylic acids is 1. The average Bonchev–Trinajstić information content (AvgIpc) is 2.95. The molecule has 2 aromatic heterocycles. The van der Waals surface area contributed by atoms with E-state index in [9.17, 15) is 9.59 Å². The van der Waals surface area contributed by atoms with Crippen LogP contribution >= 0.6 is 11.3 Å². The van der Waals surface area contributed by atoms with E-state index in [1.54, 1.807) is 0 Å². The highest BCUT2D eigenvalue weighted by molar-refractivity contribution is 7.16. The smallest absolute Gasteiger partial charge is 0.274 e. The molecule has 6 nitrogen and oxygen atoms in total. The Labute approximate surface area is 130 Å². The fraction of sp³-hybridized carbons (Fsp3) is 0.200. The molecule has 3 aromatic rings. The number of rotatable bonds is 4. The summed E-state index contributed by atoms with van der Waals surface area (Å²) in [5, 5.41) is 7.95. The van der Waals surface area contributed by atoms with Gasteiger partial charge >= 0.3 is 0 Å². The Kier molecular flexibility index (Phi) is 3.97. The number of fused-ring (bicyclic) bond motifs is 1. The molecule has 2 heterocycles. The molecule has 1 N–H and O–H groups in total. The number of nitrogens with one attached hydrogen (secondary N) is 1. The van der Waals surface area contributed by atoms with Gasteiger partial charge in [-0.05, 0) is 12.0 Å². The zero-order valence-electron chi connectivity index (χ0n) is 11.9. The molecule has 112 valence electrons. The Morgan fingerprint density at radius 2 is 2.09 bits per heavy atom. The topological polar surface area (TPSA) is 76.4 Å². The lowest BCUT2D eigenvalue weighted by Crippen LogP contribution is -2.27. The maximum Gasteiger partial charge on any atom is 0.274 e. The minimum atomic E-state index is -0.434. The molecule has 0 saturated heterocycles. The number of aryl methyl sites for hydroxylation is 1. The van der Waals surface area contributed by atoms with Gasteiger partial charge in [0.15, 0.2) is 0 Å². The summed E-state index contributed by atoms with van der Waals surface area (Å²) < 4.78 is 1.44. The number of hydrogen-bond donors (Lipinski definition) is 1. The van der Waals surface area contributed by atoms with Crippen LogP contribution in [0.5, 0.6) is 0 Å². The monoisotopic (exact) mass is 314 g/mol. The van der Waals surface area contributed by atoms with Gasteiger partial charge in [-0.3, -0.25) is 9.59 Å². The fourth-order valence-corrected chi connectivity index (χ4v) is 2.87. The van der Waals surface area contributed by atoms with Crippen molar-refractivity contribution in [1.82, 2.24) is 19.9 Å². The number of benzene rings is 1. The Morgan fingerprint density at radius 3 is 2.82 bits per heavy atom. The van der Waals surface area contributed by atoms with Crippen LogP contribution in [-0.4, -0.2) is 20.5 Å². The molecule has 0 fully saturated rings. The minimum Gasteiger partial charge on any atom is -0.347 e. The zero-order chi connectivity index (χ0) is 15.5. The quantitative estimate of drug-likeness (QED) is 0.794. The summed E-state index contributed by atoms with van der Waals surface area (Å²) in [4.78, 5) is 28.3. The number of carbonyl (C=O) groups is 1. The maximum atomic E-state index is 12.3. The number of hydrogen-bond acceptors (Lipinski definition) is 5. The summed E-state index contributed by atoms with van der Waals surface area (Å²) in [5.74, 6) is -0.341. The van der Waals surface area contributed by atoms with Gasteiger partial charge in [-0.15, -0.1) is 0 Å². The van der Waals surface area contributed by atoms with E-state index in [0.717, 1.165) is 17.0 Å². The lowest BCUT2D eigenvalue weighted by molar-refractivity contribution is 0.0943. The van der Waals surface area contributed by atoms with Crippen LogP contribution in [0.3, 0.4) is 0 Å². The van der Waals surface area contributed by atoms with Crippen LogP contribution < -0.4 is 10.9 Å². The highest BCUT2D eigenvalue weighted by Gasteiger charge is 2.15. The number of amides is 1. The van der Waals surface area contributed by atoms with Gasteiger partial charge < -0.3 is 5.32 Å². The van der Waals surface area contributed by atoms with Crippen molar-refractivity contribution in [2.45, 2.75) is 19.9 Å². The van der Waals surface area contributed by atoms with Crippen molar-refractivity contribution in [3.8, 4) is 0 Å². The molecule has 1 amide bonds. The fourth-order valence-electron chi connectivity index (χ4n) is 2.03. The molecule has 0 aliphatic heterocycles. The van der Waals surface area contributed by atoms with Gasteiger partial charge in [0.2, 0.25) is 4.96 Å². The Hall–Kier alpha value is -2.54. The van der Waals surface area contributed by atoms with Crippen LogP contribution in [0.2, 0.25) is 0 Å². The van der Waals surface area contributed by atoms with Crippen molar-refractivity contribution < 1.29 is 4.79 Å². The van der Waals surface area contributed by atoms with Crippen molar-refractivity contribution in [2.75, 3.05) is 0 Å². The Bertz CT molecular complexity index is 870. The minimum absolute atomic E-state index is 0.210. The van der Waals surface area contributed by atoms with E-state index in [1.807, 2.05) is 37.3 Å². The van der Waals surface area contributed by atoms with E-state index in [-0.39, 0.29) is 11.6 Å². The third-order valence-electron chi connectivity index (χ3n) is 3.13. The van der Waals surface area contributed by atoms with Crippen LogP contribution in [0.1, 0.15) is 28.0 Å². The summed E-state index contributed by atoms with van der Waals surface area (Å²) in [6, 6.07) is 10.8. The first kappa shape index (κ1) is 14.4. The number of aromatic nitrogens is 3. The lowest BCUT2D eigenvalue weighted by Gasteiger charge is -2.06. The second-order valence-electron chi connectivity index (χ2n) is 4.69. The van der Waals surface area contributed by atoms with Crippen LogP contribution in [0.15, 0.2) is 41.2 Å². The van der Waals surface area contributed by atoms with E-state index in [2.05, 4.69) is 15.4 Å². The highest BCUT2D eigenvalue weighted by Crippen LogP contribution is 2.13. The number of nitrogens with zero attached hydrogens (tertiary/aromatic N) is 3. The molecule has 0 radical (unpaired) electrons. The molecular formula is C15H14N4O2S. The molecule has 1 aromatic carbocycles. The average molecular weight is 314 g/mol. The van der Waals surface area contributed by atoms with Gasteiger partial charge in [0, 0.05) is 12.6 Å². The molecule has 3 rings (SSSR count). The van der Waals surface area contributed by atoms with E-state index in [1.165, 1.54) is 21.9 Å². The molecule has 7 heteroatoms. The molecule has 0 atom stereocenters. The first-order chi connectivity index (χ1) is 10.7. The van der Waals surface area contributed by atoms with Gasteiger partial charge in [-0.2, -0.15) is 14.6 Å². The molecular weight excluding hydrogens is 300 g/mol. The summed E-state index contributed by atoms with van der Waals surface area (Å²) in [7, 11) is 0. The maximum absolute atomic E-state index is 12.3. The predicted molar refractivity (Wildman–Crippen MR) is 84.1 cm³/mol. The summed E-state index contributed by atoms with van der Waals surface area (Å²) in [6.07, 6.45) is 0.729. The zero-order valence-corrected chi connectivity index (χ0v) is 12.8. The molecule has 0 spiro atoms. The van der Waals surface area contributed by atoms with Crippen molar-refractivity contribution in [2.24, 2.45) is 0 Å². The summed E-state index contributed by atoms with van der Waals surface area (Å²) in [6.45, 7) is 2.36. The van der Waals surface area contributed by atoms with Crippen LogP contribution in [0.25, 0.3) is 4.96 Å². The normalized spacial score (nSPS) is 10.8. The van der Waals surface area contributed by atoms with Crippen molar-refractivity contribution >= 4 is 22.2 Å². The van der Waals surface area contributed by atoms with Gasteiger partial charge in [0.1, 0.15) is 10.7 Å². The van der Waals surface area contributed by atoms with E-state index < -0.39 is 5.56 Å². The Morgan fingerprint density at radius 1 is 1.32 bits per heavy atom. The lowest BCUT2D eigenvalue weighted by atomic mass is 10.2. The van der Waals surface area contributed by atoms with Crippen molar-refractivity contribution in [3.05, 3.63) is 63.0 Å². The molecule has 0 unspecified atom stereocenters. The van der Waals surface area contributed by atoms with Gasteiger partial charge in [0.05, 0.1) is 0 Å². The van der Waals surface area contributed by atoms with Crippen molar-refractivity contribution in [3.63, 3.8) is 0 Å². The molecule has 0 aliphatic rings. The van der Waals surface area contributed by atoms with E-state index in [0.29, 0.717) is 11.5 Å². The first-order valence-corrected chi connectivity index (χ1v) is 7.71. The van der Waals surface area contributed by atoms with Crippen LogP contribution in [0.4, 0.5) is 0 Å². The largest absolute Gasteiger partial charge is 0.347 e. The second kappa shape index (κ2) is 6.07. The Balaban J connectivity index is 1.90. The highest BCUT2D eigenvalue weighted by atomic mass is 32.1. The van der Waals surface area contributed by atoms with Gasteiger partial charge in [0.25, 0.3) is 11.5 Å². The SMILES string of the molecule is CCc1nn2c(C(=O)NCc3ccccc3)cc(=O)nc2s1. The van der Waals surface area contributed by atoms with Crippen LogP contribution in [-0.2, 0) is 13.0 Å². The molecule has 22 heavy (non-hydrogen) atoms. The van der Waals surface area contributed by atoms with E-state index in [4.69, 9.17) is 0 Å². The predicted octanol–water partition coefficient (Wildman–Crippen LogP) is 1.64. The first-order valence-electron chi connectivity index (χ1n) is 6.89. The molecule has 0 saturated carbocycles. The third kappa shape index (κ3) is 2.89. The van der Waals surface area contributed by atoms with Crippen LogP contribution in [0, 0.1) is 0 Å². The third-order valence-corrected chi connectivity index (χ3v) is 4.18. The summed E-state index contributed by atoms with van der Waals surface area (Å²) in [5.41, 5.74) is 0.763. The van der Waals surface area contributed by atoms with Crippen molar-refractivity contribution in [1.29, 1.82) is 0 Å². The van der Waals surface area contributed by atoms with E-state index >= 15 is 0 Å². The van der Waals surface area contributed by atoms with Gasteiger partial charge in [-0.25, -0.2) is 0 Å². The standard InChI is InChI=1S/C15H14N4O2S/c1-2-13-18-19-11(8-12(20)17-15(19)22-13)14(21)16-9-10-6-4-3-5-7-10/h3-8H,2,9H2,1H3,(H,16,21). The molecule has 0 bridgehead atoms. The summed E-state index contributed by atoms with van der Waals surface area (Å²) >= 11 is 1.32. The second-order valence-corrected chi connectivity index (χ2v) is 5.73. The molecule has 0 aliphatic carbocycles.